The molecule has 5 rings (SSSR count). The van der Waals surface area contributed by atoms with Crippen molar-refractivity contribution in [3.8, 4) is 6.07 Å². The molecule has 5 aliphatic carbocycles. The number of hydrogen-bond donors (Lipinski definition) is 2. The van der Waals surface area contributed by atoms with Crippen LogP contribution in [0.15, 0.2) is 23.3 Å². The number of carbonyl (C=O) groups is 2. The molecule has 5 aliphatic rings. The summed E-state index contributed by atoms with van der Waals surface area (Å²) in [6, 6.07) is 2.19. The van der Waals surface area contributed by atoms with Gasteiger partial charge >= 0.3 is 0 Å². The van der Waals surface area contributed by atoms with E-state index in [-0.39, 0.29) is 56.2 Å². The topological polar surface area (TPSA) is 96.0 Å². The number of ketones is 2. The van der Waals surface area contributed by atoms with Crippen LogP contribution in [0, 0.1) is 55.7 Å². The predicted molar refractivity (Wildman–Crippen MR) is 141 cm³/mol. The highest BCUT2D eigenvalue weighted by Crippen LogP contribution is 2.75. The molecule has 0 aromatic heterocycles. The molecule has 0 saturated heterocycles. The van der Waals surface area contributed by atoms with E-state index >= 15 is 0 Å². The Hall–Kier alpha value is -1.77. The molecule has 0 aliphatic heterocycles. The molecule has 0 spiro atoms. The van der Waals surface area contributed by atoms with Crippen LogP contribution in [-0.2, 0) is 9.59 Å². The number of nitrogens with one attached hydrogen (secondary N) is 1. The number of fused-ring (bicyclic) bond motifs is 7. The van der Waals surface area contributed by atoms with Crippen molar-refractivity contribution in [2.75, 3.05) is 0 Å². The van der Waals surface area contributed by atoms with E-state index in [1.807, 2.05) is 26.0 Å². The molecular formula is C31H45N3O2. The maximum atomic E-state index is 14.5. The largest absolute Gasteiger partial charge is 0.295 e. The summed E-state index contributed by atoms with van der Waals surface area (Å²) in [6.07, 6.45) is 10.7. The third-order valence-electron chi connectivity index (χ3n) is 12.7. The van der Waals surface area contributed by atoms with Gasteiger partial charge < -0.3 is 0 Å². The molecule has 0 bridgehead atoms. The van der Waals surface area contributed by atoms with Gasteiger partial charge in [0.05, 0.1) is 5.57 Å². The molecule has 196 valence electrons. The Morgan fingerprint density at radius 3 is 2.19 bits per heavy atom. The van der Waals surface area contributed by atoms with Gasteiger partial charge in [0, 0.05) is 22.3 Å². The number of hydrazine groups is 1. The third kappa shape index (κ3) is 2.79. The quantitative estimate of drug-likeness (QED) is 0.356. The van der Waals surface area contributed by atoms with Crippen molar-refractivity contribution in [1.82, 2.24) is 5.43 Å². The number of nitrogens with zero attached hydrogens (tertiary/aromatic N) is 1. The highest BCUT2D eigenvalue weighted by molar-refractivity contribution is 6.04. The van der Waals surface area contributed by atoms with Crippen molar-refractivity contribution in [3.63, 3.8) is 0 Å². The van der Waals surface area contributed by atoms with E-state index < -0.39 is 10.8 Å². The number of allylic oxidation sites excluding steroid dienone is 4. The van der Waals surface area contributed by atoms with Gasteiger partial charge in [0.1, 0.15) is 6.07 Å². The molecule has 0 amide bonds. The number of hydrogen-bond acceptors (Lipinski definition) is 5. The van der Waals surface area contributed by atoms with Gasteiger partial charge in [-0.25, -0.2) is 0 Å². The smallest absolute Gasteiger partial charge is 0.178 e. The van der Waals surface area contributed by atoms with Gasteiger partial charge in [0.15, 0.2) is 11.6 Å². The second kappa shape index (κ2) is 7.20. The Balaban J connectivity index is 1.73. The minimum absolute atomic E-state index is 0.0590. The first kappa shape index (κ1) is 25.9. The van der Waals surface area contributed by atoms with Gasteiger partial charge in [-0.1, -0.05) is 67.0 Å². The first-order chi connectivity index (χ1) is 16.5. The highest BCUT2D eigenvalue weighted by atomic mass is 16.1. The number of carbonyl (C=O) groups excluding carboxylic acids is 2. The van der Waals surface area contributed by atoms with Gasteiger partial charge in [0.2, 0.25) is 0 Å². The van der Waals surface area contributed by atoms with E-state index in [1.54, 1.807) is 0 Å². The van der Waals surface area contributed by atoms with E-state index in [9.17, 15) is 14.9 Å². The first-order valence-corrected chi connectivity index (χ1v) is 13.9. The van der Waals surface area contributed by atoms with Crippen LogP contribution >= 0.6 is 0 Å². The van der Waals surface area contributed by atoms with Gasteiger partial charge in [-0.2, -0.15) is 5.26 Å². The Kier molecular flexibility index (Phi) is 5.17. The number of nitriles is 1. The van der Waals surface area contributed by atoms with Crippen LogP contribution in [0.4, 0.5) is 0 Å². The van der Waals surface area contributed by atoms with E-state index in [4.69, 9.17) is 5.84 Å². The average molecular weight is 492 g/mol. The van der Waals surface area contributed by atoms with Crippen molar-refractivity contribution < 1.29 is 9.59 Å². The average Bonchev–Trinajstić information content (AvgIpc) is 2.77. The van der Waals surface area contributed by atoms with Crippen LogP contribution in [0.2, 0.25) is 0 Å². The number of rotatable bonds is 1. The summed E-state index contributed by atoms with van der Waals surface area (Å²) in [7, 11) is 0. The van der Waals surface area contributed by atoms with Crippen LogP contribution in [0.5, 0.6) is 0 Å². The molecule has 3 fully saturated rings. The monoisotopic (exact) mass is 491 g/mol. The summed E-state index contributed by atoms with van der Waals surface area (Å²) in [4.78, 5) is 27.7. The van der Waals surface area contributed by atoms with Crippen LogP contribution in [-0.4, -0.2) is 17.1 Å². The minimum atomic E-state index is -0.637. The Labute approximate surface area is 217 Å². The highest BCUT2D eigenvalue weighted by Gasteiger charge is 2.73. The predicted octanol–water partition coefficient (Wildman–Crippen LogP) is 5.81. The van der Waals surface area contributed by atoms with Crippen molar-refractivity contribution >= 4 is 11.6 Å². The summed E-state index contributed by atoms with van der Waals surface area (Å²) >= 11 is 0. The van der Waals surface area contributed by atoms with E-state index in [2.05, 4.69) is 53.0 Å². The zero-order valence-electron chi connectivity index (χ0n) is 23.6. The van der Waals surface area contributed by atoms with E-state index in [0.717, 1.165) is 50.5 Å². The summed E-state index contributed by atoms with van der Waals surface area (Å²) in [5.74, 6) is 6.43. The molecule has 0 aromatic carbocycles. The van der Waals surface area contributed by atoms with Gasteiger partial charge in [-0.3, -0.25) is 20.9 Å². The lowest BCUT2D eigenvalue weighted by molar-refractivity contribution is -0.189. The molecule has 0 radical (unpaired) electrons. The summed E-state index contributed by atoms with van der Waals surface area (Å²) in [5.41, 5.74) is 2.78. The fourth-order valence-corrected chi connectivity index (χ4v) is 10.8. The summed E-state index contributed by atoms with van der Waals surface area (Å²) < 4.78 is 0. The normalized spacial score (nSPS) is 48.9. The van der Waals surface area contributed by atoms with Gasteiger partial charge in [0.25, 0.3) is 0 Å². The number of nitrogens with two attached hydrogens (primary N) is 1. The lowest BCUT2D eigenvalue weighted by Gasteiger charge is -2.72. The lowest BCUT2D eigenvalue weighted by atomic mass is 9.32. The third-order valence-corrected chi connectivity index (χ3v) is 12.7. The molecule has 1 unspecified atom stereocenters. The fourth-order valence-electron chi connectivity index (χ4n) is 10.8. The first-order valence-electron chi connectivity index (χ1n) is 13.9. The Morgan fingerprint density at radius 2 is 1.58 bits per heavy atom. The lowest BCUT2D eigenvalue weighted by Crippen LogP contribution is -2.74. The molecular weight excluding hydrogens is 446 g/mol. The molecule has 3 N–H and O–H groups in total. The standard InChI is InChI=1S/C31H45N3O2/c1-25(2)11-13-31(34-33)14-12-29(7)23(30(31,8)18-25)20(35)15-22-27(5)16-19(17-32)24(36)26(3,4)21(27)9-10-28(22,29)6/h15-16,21,23,34H,9-14,18,33H2,1-8H3/t21?,23-,27-,28+,29+,30-,31-/m0/s1. The molecule has 0 heterocycles. The maximum absolute atomic E-state index is 14.5. The van der Waals surface area contributed by atoms with Crippen LogP contribution in [0.3, 0.4) is 0 Å². The molecule has 3 saturated carbocycles. The van der Waals surface area contributed by atoms with Gasteiger partial charge in [-0.15, -0.1) is 0 Å². The van der Waals surface area contributed by atoms with Crippen molar-refractivity contribution in [1.29, 1.82) is 5.26 Å². The molecule has 5 nitrogen and oxygen atoms in total. The maximum Gasteiger partial charge on any atom is 0.178 e. The van der Waals surface area contributed by atoms with Crippen molar-refractivity contribution in [3.05, 3.63) is 23.3 Å². The van der Waals surface area contributed by atoms with Crippen LogP contribution < -0.4 is 11.3 Å². The second-order valence-electron chi connectivity index (χ2n) is 15.2. The summed E-state index contributed by atoms with van der Waals surface area (Å²) in [6.45, 7) is 17.9. The second-order valence-corrected chi connectivity index (χ2v) is 15.2. The Morgan fingerprint density at radius 1 is 0.944 bits per heavy atom. The SMILES string of the molecule is CC1(C)CC[C@]2(NN)CC[C@]3(C)[C@H](C(=O)C=C4[C@@]5(C)C=C(C#N)C(=O)C(C)(C)C5CC[C@]43C)[C@]2(C)C1. The Bertz CT molecular complexity index is 1160. The van der Waals surface area contributed by atoms with Gasteiger partial charge in [-0.05, 0) is 78.6 Å². The zero-order chi connectivity index (χ0) is 26.7. The molecule has 36 heavy (non-hydrogen) atoms. The zero-order valence-corrected chi connectivity index (χ0v) is 23.6. The van der Waals surface area contributed by atoms with E-state index in [1.165, 1.54) is 0 Å². The molecule has 0 aromatic rings. The van der Waals surface area contributed by atoms with Crippen molar-refractivity contribution in [2.24, 2.45) is 50.2 Å². The fraction of sp³-hybridized carbons (Fsp3) is 0.774. The number of Topliss-reactive ketones (excluding diaryl/α,β-unsaturated/α-hetero) is 1. The van der Waals surface area contributed by atoms with Crippen LogP contribution in [0.1, 0.15) is 100 Å². The summed E-state index contributed by atoms with van der Waals surface area (Å²) in [5, 5.41) is 9.87. The van der Waals surface area contributed by atoms with Crippen molar-refractivity contribution in [2.45, 2.75) is 106 Å². The minimum Gasteiger partial charge on any atom is -0.295 e. The van der Waals surface area contributed by atoms with Crippen LogP contribution in [0.25, 0.3) is 0 Å². The van der Waals surface area contributed by atoms with E-state index in [0.29, 0.717) is 0 Å². The molecule has 5 heteroatoms. The molecule has 7 atom stereocenters.